The zero-order valence-corrected chi connectivity index (χ0v) is 14.2. The number of halogens is 1. The summed E-state index contributed by atoms with van der Waals surface area (Å²) in [5.74, 6) is 1.36. The Morgan fingerprint density at radius 2 is 1.92 bits per heavy atom. The minimum Gasteiger partial charge on any atom is -0.444 e. The van der Waals surface area contributed by atoms with Crippen LogP contribution >= 0.6 is 12.4 Å². The zero-order valence-electron chi connectivity index (χ0n) is 13.4. The second-order valence-corrected chi connectivity index (χ2v) is 6.67. The molecule has 1 aromatic carbocycles. The Morgan fingerprint density at radius 3 is 2.54 bits per heavy atom. The number of anilines is 1. The molecule has 0 spiro atoms. The lowest BCUT2D eigenvalue weighted by atomic mass is 9.89. The van der Waals surface area contributed by atoms with Crippen molar-refractivity contribution in [3.8, 4) is 11.3 Å². The maximum absolute atomic E-state index is 12.3. The highest BCUT2D eigenvalue weighted by Gasteiger charge is 2.34. The highest BCUT2D eigenvalue weighted by molar-refractivity contribution is 5.91. The molecule has 0 radical (unpaired) electrons. The number of aromatic nitrogens is 1. The van der Waals surface area contributed by atoms with Crippen molar-refractivity contribution in [2.75, 3.05) is 5.32 Å². The number of oxazole rings is 1. The standard InChI is InChI=1S/C18H21N3O2.ClH/c22-18(9-12-7-15-5-6-16(8-12)20-15)21-14-3-1-13(2-4-14)17-10-19-11-23-17;/h1-4,10-12,15-16,20H,5-9H2,(H,21,22);1H. The molecule has 0 saturated carbocycles. The molecule has 6 heteroatoms. The largest absolute Gasteiger partial charge is 0.444 e. The summed E-state index contributed by atoms with van der Waals surface area (Å²) in [6.45, 7) is 0. The van der Waals surface area contributed by atoms with Gasteiger partial charge in [-0.05, 0) is 55.9 Å². The average molecular weight is 348 g/mol. The molecule has 2 aliphatic heterocycles. The summed E-state index contributed by atoms with van der Waals surface area (Å²) in [5.41, 5.74) is 1.78. The summed E-state index contributed by atoms with van der Waals surface area (Å²) in [6, 6.07) is 8.94. The highest BCUT2D eigenvalue weighted by Crippen LogP contribution is 2.32. The number of carbonyl (C=O) groups is 1. The number of nitrogens with zero attached hydrogens (tertiary/aromatic N) is 1. The SMILES string of the molecule is Cl.O=C(CC1CC2CCC(C1)N2)Nc1ccc(-c2cnco2)cc1. The maximum atomic E-state index is 12.3. The molecular formula is C18H22ClN3O2. The van der Waals surface area contributed by atoms with E-state index in [0.717, 1.165) is 29.9 Å². The third kappa shape index (κ3) is 3.79. The molecule has 1 amide bonds. The third-order valence-corrected chi connectivity index (χ3v) is 4.93. The first-order valence-electron chi connectivity index (χ1n) is 8.31. The number of carbonyl (C=O) groups excluding carboxylic acids is 1. The Bertz CT molecular complexity index is 660. The topological polar surface area (TPSA) is 67.2 Å². The fourth-order valence-electron chi connectivity index (χ4n) is 3.89. The number of piperidine rings is 1. The maximum Gasteiger partial charge on any atom is 0.224 e. The predicted molar refractivity (Wildman–Crippen MR) is 95.1 cm³/mol. The van der Waals surface area contributed by atoms with Gasteiger partial charge in [0.05, 0.1) is 6.20 Å². The van der Waals surface area contributed by atoms with Gasteiger partial charge in [-0.25, -0.2) is 4.98 Å². The molecule has 2 N–H and O–H groups in total. The quantitative estimate of drug-likeness (QED) is 0.886. The van der Waals surface area contributed by atoms with Crippen LogP contribution in [0, 0.1) is 5.92 Å². The summed E-state index contributed by atoms with van der Waals surface area (Å²) < 4.78 is 5.26. The number of amides is 1. The van der Waals surface area contributed by atoms with Gasteiger partial charge >= 0.3 is 0 Å². The van der Waals surface area contributed by atoms with Gasteiger partial charge in [-0.1, -0.05) is 0 Å². The van der Waals surface area contributed by atoms with Crippen LogP contribution in [-0.2, 0) is 4.79 Å². The van der Waals surface area contributed by atoms with Crippen LogP contribution in [0.5, 0.6) is 0 Å². The Hall–Kier alpha value is -1.85. The van der Waals surface area contributed by atoms with E-state index in [2.05, 4.69) is 15.6 Å². The summed E-state index contributed by atoms with van der Waals surface area (Å²) in [5, 5.41) is 6.62. The van der Waals surface area contributed by atoms with Crippen LogP contribution in [0.4, 0.5) is 5.69 Å². The molecular weight excluding hydrogens is 326 g/mol. The minimum absolute atomic E-state index is 0. The Morgan fingerprint density at radius 1 is 1.21 bits per heavy atom. The van der Waals surface area contributed by atoms with Crippen molar-refractivity contribution in [1.82, 2.24) is 10.3 Å². The first-order valence-corrected chi connectivity index (χ1v) is 8.31. The van der Waals surface area contributed by atoms with E-state index in [1.54, 1.807) is 6.20 Å². The van der Waals surface area contributed by atoms with Crippen LogP contribution in [0.25, 0.3) is 11.3 Å². The lowest BCUT2D eigenvalue weighted by Gasteiger charge is -2.28. The number of nitrogens with one attached hydrogen (secondary N) is 2. The van der Waals surface area contributed by atoms with Crippen LogP contribution in [0.2, 0.25) is 0 Å². The van der Waals surface area contributed by atoms with Gasteiger partial charge in [-0.3, -0.25) is 4.79 Å². The van der Waals surface area contributed by atoms with Gasteiger partial charge in [0.1, 0.15) is 0 Å². The van der Waals surface area contributed by atoms with E-state index < -0.39 is 0 Å². The molecule has 0 aliphatic carbocycles. The Labute approximate surface area is 147 Å². The van der Waals surface area contributed by atoms with E-state index in [4.69, 9.17) is 4.42 Å². The van der Waals surface area contributed by atoms with E-state index in [9.17, 15) is 4.79 Å². The van der Waals surface area contributed by atoms with Crippen molar-refractivity contribution < 1.29 is 9.21 Å². The first kappa shape index (κ1) is 17.0. The molecule has 2 saturated heterocycles. The number of rotatable bonds is 4. The van der Waals surface area contributed by atoms with Crippen LogP contribution in [-0.4, -0.2) is 23.0 Å². The molecule has 2 aliphatic rings. The van der Waals surface area contributed by atoms with Gasteiger partial charge < -0.3 is 15.1 Å². The van der Waals surface area contributed by atoms with Crippen molar-refractivity contribution in [1.29, 1.82) is 0 Å². The molecule has 4 rings (SSSR count). The number of hydrogen-bond acceptors (Lipinski definition) is 4. The minimum atomic E-state index is 0. The third-order valence-electron chi connectivity index (χ3n) is 4.93. The van der Waals surface area contributed by atoms with Gasteiger partial charge in [-0.15, -0.1) is 12.4 Å². The molecule has 128 valence electrons. The van der Waals surface area contributed by atoms with Crippen LogP contribution in [0.1, 0.15) is 32.1 Å². The van der Waals surface area contributed by atoms with Gasteiger partial charge in [0.15, 0.2) is 12.2 Å². The van der Waals surface area contributed by atoms with E-state index in [-0.39, 0.29) is 18.3 Å². The summed E-state index contributed by atoms with van der Waals surface area (Å²) >= 11 is 0. The second kappa shape index (κ2) is 7.36. The number of hydrogen-bond donors (Lipinski definition) is 2. The van der Waals surface area contributed by atoms with Gasteiger partial charge in [-0.2, -0.15) is 0 Å². The normalized spacial score (nSPS) is 25.1. The van der Waals surface area contributed by atoms with E-state index in [0.29, 0.717) is 24.4 Å². The van der Waals surface area contributed by atoms with Crippen LogP contribution in [0.3, 0.4) is 0 Å². The van der Waals surface area contributed by atoms with E-state index >= 15 is 0 Å². The second-order valence-electron chi connectivity index (χ2n) is 6.67. The molecule has 1 aromatic heterocycles. The van der Waals surface area contributed by atoms with Crippen LogP contribution in [0.15, 0.2) is 41.3 Å². The molecule has 2 fully saturated rings. The molecule has 2 aromatic rings. The lowest BCUT2D eigenvalue weighted by Crippen LogP contribution is -2.39. The van der Waals surface area contributed by atoms with Crippen molar-refractivity contribution in [2.24, 2.45) is 5.92 Å². The fraction of sp³-hybridized carbons (Fsp3) is 0.444. The van der Waals surface area contributed by atoms with Crippen molar-refractivity contribution in [3.05, 3.63) is 36.9 Å². The summed E-state index contributed by atoms with van der Waals surface area (Å²) in [6.07, 6.45) is 8.52. The fourth-order valence-corrected chi connectivity index (χ4v) is 3.89. The molecule has 2 unspecified atom stereocenters. The molecule has 2 atom stereocenters. The molecule has 3 heterocycles. The molecule has 2 bridgehead atoms. The zero-order chi connectivity index (χ0) is 15.6. The monoisotopic (exact) mass is 347 g/mol. The predicted octanol–water partition coefficient (Wildman–Crippen LogP) is 3.62. The first-order chi connectivity index (χ1) is 11.3. The Balaban J connectivity index is 0.00000169. The molecule has 5 nitrogen and oxygen atoms in total. The highest BCUT2D eigenvalue weighted by atomic mass is 35.5. The number of benzene rings is 1. The summed E-state index contributed by atoms with van der Waals surface area (Å²) in [7, 11) is 0. The van der Waals surface area contributed by atoms with E-state index in [1.165, 1.54) is 19.2 Å². The van der Waals surface area contributed by atoms with Gasteiger partial charge in [0, 0.05) is 29.8 Å². The number of fused-ring (bicyclic) bond motifs is 2. The van der Waals surface area contributed by atoms with Gasteiger partial charge in [0.2, 0.25) is 5.91 Å². The van der Waals surface area contributed by atoms with Gasteiger partial charge in [0.25, 0.3) is 0 Å². The van der Waals surface area contributed by atoms with Crippen molar-refractivity contribution in [2.45, 2.75) is 44.2 Å². The van der Waals surface area contributed by atoms with Crippen molar-refractivity contribution >= 4 is 24.0 Å². The van der Waals surface area contributed by atoms with E-state index in [1.807, 2.05) is 24.3 Å². The molecule has 24 heavy (non-hydrogen) atoms. The average Bonchev–Trinajstić information content (AvgIpc) is 3.18. The van der Waals surface area contributed by atoms with Crippen LogP contribution < -0.4 is 10.6 Å². The lowest BCUT2D eigenvalue weighted by molar-refractivity contribution is -0.117. The van der Waals surface area contributed by atoms with Crippen molar-refractivity contribution in [3.63, 3.8) is 0 Å². The smallest absolute Gasteiger partial charge is 0.224 e. The summed E-state index contributed by atoms with van der Waals surface area (Å²) in [4.78, 5) is 16.2. The Kier molecular flexibility index (Phi) is 5.21.